The van der Waals surface area contributed by atoms with Gasteiger partial charge < -0.3 is 9.42 Å². The first-order valence-electron chi connectivity index (χ1n) is 10.5. The molecule has 0 amide bonds. The minimum absolute atomic E-state index is 0.244. The Kier molecular flexibility index (Phi) is 10.8. The van der Waals surface area contributed by atoms with E-state index in [4.69, 9.17) is 9.79 Å². The molecule has 1 aliphatic heterocycles. The normalized spacial score (nSPS) is 31.1. The standard InChI is InChI=1S/C11H18S2.C9H19N2O2P/c1-3-8-7-9-4-2-6-11(9)13-12-10(8)5-1;1-8(2)11(9(3)4)14(12)13-7-5-6-10/h8-11H,1-7H2;8-9,12H,5,7H2,1-4H3/t8?,9?,10-,11?;/m1./s1. The lowest BCUT2D eigenvalue weighted by atomic mass is 9.92. The second-order valence-electron chi connectivity index (χ2n) is 8.45. The maximum absolute atomic E-state index is 9.74. The van der Waals surface area contributed by atoms with Crippen LogP contribution >= 0.6 is 30.1 Å². The first-order chi connectivity index (χ1) is 12.9. The van der Waals surface area contributed by atoms with Crippen molar-refractivity contribution in [2.75, 3.05) is 6.61 Å². The van der Waals surface area contributed by atoms with E-state index < -0.39 is 8.53 Å². The highest BCUT2D eigenvalue weighted by atomic mass is 33.1. The summed E-state index contributed by atoms with van der Waals surface area (Å²) in [6.07, 6.45) is 11.0. The lowest BCUT2D eigenvalue weighted by molar-refractivity contribution is 0.215. The average molecular weight is 433 g/mol. The molecule has 156 valence electrons. The van der Waals surface area contributed by atoms with Crippen LogP contribution in [0.1, 0.15) is 79.1 Å². The molecule has 2 saturated carbocycles. The zero-order chi connectivity index (χ0) is 19.8. The van der Waals surface area contributed by atoms with E-state index in [0.29, 0.717) is 13.0 Å². The Morgan fingerprint density at radius 2 is 1.56 bits per heavy atom. The molecule has 7 heteroatoms. The van der Waals surface area contributed by atoms with Gasteiger partial charge in [-0.2, -0.15) is 5.26 Å². The van der Waals surface area contributed by atoms with Crippen molar-refractivity contribution in [1.29, 1.82) is 5.26 Å². The zero-order valence-corrected chi connectivity index (χ0v) is 19.9. The van der Waals surface area contributed by atoms with Crippen LogP contribution in [0.5, 0.6) is 0 Å². The van der Waals surface area contributed by atoms with Crippen molar-refractivity contribution in [1.82, 2.24) is 4.67 Å². The van der Waals surface area contributed by atoms with E-state index in [9.17, 15) is 4.89 Å². The Labute approximate surface area is 175 Å². The molecular weight excluding hydrogens is 395 g/mol. The van der Waals surface area contributed by atoms with E-state index in [2.05, 4.69) is 21.6 Å². The summed E-state index contributed by atoms with van der Waals surface area (Å²) in [6, 6.07) is 2.46. The van der Waals surface area contributed by atoms with Gasteiger partial charge in [-0.05, 0) is 71.6 Å². The molecule has 0 spiro atoms. The Morgan fingerprint density at radius 1 is 1.04 bits per heavy atom. The highest BCUT2D eigenvalue weighted by molar-refractivity contribution is 8.77. The molecule has 3 rings (SSSR count). The molecule has 4 nitrogen and oxygen atoms in total. The Balaban J connectivity index is 0.000000193. The van der Waals surface area contributed by atoms with E-state index in [1.165, 1.54) is 25.7 Å². The van der Waals surface area contributed by atoms with Gasteiger partial charge in [0.15, 0.2) is 0 Å². The summed E-state index contributed by atoms with van der Waals surface area (Å²) in [5.41, 5.74) is 0. The van der Waals surface area contributed by atoms with Crippen LogP contribution < -0.4 is 0 Å². The minimum Gasteiger partial charge on any atom is -0.338 e. The number of nitriles is 1. The van der Waals surface area contributed by atoms with E-state index in [1.807, 2.05) is 38.4 Å². The molecule has 3 aliphatic rings. The fourth-order valence-corrected chi connectivity index (χ4v) is 9.74. The maximum Gasteiger partial charge on any atom is 0.256 e. The monoisotopic (exact) mass is 432 g/mol. The van der Waals surface area contributed by atoms with Gasteiger partial charge in [0.2, 0.25) is 0 Å². The molecule has 2 aliphatic carbocycles. The Morgan fingerprint density at radius 3 is 2.00 bits per heavy atom. The fraction of sp³-hybridized carbons (Fsp3) is 0.950. The summed E-state index contributed by atoms with van der Waals surface area (Å²) < 4.78 is 7.10. The second-order valence-corrected chi connectivity index (χ2v) is 12.4. The first kappa shape index (κ1) is 23.8. The van der Waals surface area contributed by atoms with Gasteiger partial charge in [0.05, 0.1) is 19.1 Å². The van der Waals surface area contributed by atoms with Gasteiger partial charge >= 0.3 is 0 Å². The summed E-state index contributed by atoms with van der Waals surface area (Å²) in [6.45, 7) is 8.35. The molecule has 1 saturated heterocycles. The summed E-state index contributed by atoms with van der Waals surface area (Å²) in [5.74, 6) is 2.20. The van der Waals surface area contributed by atoms with Gasteiger partial charge in [0.25, 0.3) is 8.53 Å². The molecule has 1 N–H and O–H groups in total. The molecule has 0 aromatic heterocycles. The lowest BCUT2D eigenvalue weighted by Gasteiger charge is -2.32. The van der Waals surface area contributed by atoms with Crippen molar-refractivity contribution in [3.63, 3.8) is 0 Å². The Hall–Kier alpha value is 0.500. The van der Waals surface area contributed by atoms with Crippen LogP contribution in [0.3, 0.4) is 0 Å². The average Bonchev–Trinajstić information content (AvgIpc) is 3.20. The highest BCUT2D eigenvalue weighted by Gasteiger charge is 2.39. The SMILES string of the molecule is C1CC2CC3CCC[C@H]3SSC2C1.CC(C)N(C(C)C)P(O)OCCC#N. The zero-order valence-electron chi connectivity index (χ0n) is 17.3. The number of nitrogens with zero attached hydrogens (tertiary/aromatic N) is 2. The van der Waals surface area contributed by atoms with E-state index >= 15 is 0 Å². The third-order valence-corrected chi connectivity index (χ3v) is 11.2. The van der Waals surface area contributed by atoms with Crippen molar-refractivity contribution in [3.05, 3.63) is 0 Å². The fourth-order valence-electron chi connectivity index (χ4n) is 4.56. The van der Waals surface area contributed by atoms with Crippen molar-refractivity contribution < 1.29 is 9.42 Å². The predicted molar refractivity (Wildman–Crippen MR) is 119 cm³/mol. The molecule has 3 fully saturated rings. The van der Waals surface area contributed by atoms with Crippen LogP contribution in [0.15, 0.2) is 0 Å². The number of rotatable bonds is 6. The Bertz CT molecular complexity index is 447. The van der Waals surface area contributed by atoms with Crippen LogP contribution in [0.2, 0.25) is 0 Å². The van der Waals surface area contributed by atoms with Gasteiger partial charge in [0, 0.05) is 22.6 Å². The highest BCUT2D eigenvalue weighted by Crippen LogP contribution is 2.54. The van der Waals surface area contributed by atoms with Crippen LogP contribution in [-0.4, -0.2) is 38.8 Å². The number of hydrogen-bond donors (Lipinski definition) is 1. The van der Waals surface area contributed by atoms with E-state index in [0.717, 1.165) is 22.3 Å². The molecule has 0 radical (unpaired) electrons. The van der Waals surface area contributed by atoms with Crippen LogP contribution in [0, 0.1) is 23.2 Å². The van der Waals surface area contributed by atoms with Crippen molar-refractivity contribution in [2.45, 2.75) is 102 Å². The molecular formula is C20H37N2O2PS2. The largest absolute Gasteiger partial charge is 0.338 e. The number of fused-ring (bicyclic) bond motifs is 2. The lowest BCUT2D eigenvalue weighted by Crippen LogP contribution is -2.32. The third-order valence-electron chi connectivity index (χ3n) is 5.76. The first-order valence-corrected chi connectivity index (χ1v) is 14.0. The van der Waals surface area contributed by atoms with E-state index in [-0.39, 0.29) is 12.1 Å². The van der Waals surface area contributed by atoms with E-state index in [1.54, 1.807) is 19.3 Å². The van der Waals surface area contributed by atoms with Crippen molar-refractivity contribution >= 4 is 30.1 Å². The van der Waals surface area contributed by atoms with Crippen LogP contribution in [0.4, 0.5) is 0 Å². The summed E-state index contributed by atoms with van der Waals surface area (Å²) in [4.78, 5) is 9.74. The van der Waals surface area contributed by atoms with Gasteiger partial charge in [-0.3, -0.25) is 0 Å². The summed E-state index contributed by atoms with van der Waals surface area (Å²) in [7, 11) is 2.94. The second kappa shape index (κ2) is 12.3. The molecule has 0 aromatic carbocycles. The quantitative estimate of drug-likeness (QED) is 0.299. The molecule has 0 aromatic rings. The van der Waals surface area contributed by atoms with Gasteiger partial charge in [-0.25, -0.2) is 4.67 Å². The predicted octanol–water partition coefficient (Wildman–Crippen LogP) is 6.36. The third kappa shape index (κ3) is 7.36. The van der Waals surface area contributed by atoms with Crippen molar-refractivity contribution in [3.8, 4) is 6.07 Å². The molecule has 0 bridgehead atoms. The molecule has 1 heterocycles. The van der Waals surface area contributed by atoms with Gasteiger partial charge in [0.1, 0.15) is 0 Å². The van der Waals surface area contributed by atoms with Gasteiger partial charge in [-0.15, -0.1) is 0 Å². The number of hydrogen-bond acceptors (Lipinski definition) is 6. The molecule has 5 atom stereocenters. The maximum atomic E-state index is 9.74. The van der Waals surface area contributed by atoms with Crippen LogP contribution in [0.25, 0.3) is 0 Å². The summed E-state index contributed by atoms with van der Waals surface area (Å²) in [5, 5.41) is 10.4. The summed E-state index contributed by atoms with van der Waals surface area (Å²) >= 11 is 0. The smallest absolute Gasteiger partial charge is 0.256 e. The van der Waals surface area contributed by atoms with Crippen LogP contribution in [-0.2, 0) is 4.52 Å². The minimum atomic E-state index is -1.55. The molecule has 4 unspecified atom stereocenters. The van der Waals surface area contributed by atoms with Gasteiger partial charge in [-0.1, -0.05) is 34.4 Å². The topological polar surface area (TPSA) is 56.5 Å². The van der Waals surface area contributed by atoms with Crippen molar-refractivity contribution in [2.24, 2.45) is 11.8 Å². The molecule has 27 heavy (non-hydrogen) atoms.